The van der Waals surface area contributed by atoms with Crippen molar-refractivity contribution in [1.82, 2.24) is 9.88 Å². The van der Waals surface area contributed by atoms with Crippen molar-refractivity contribution < 1.29 is 27.8 Å². The Kier molecular flexibility index (Phi) is 5.89. The SMILES string of the molecule is CC[C@H](CO)C(=O)N1CCC2(CC1)CC(Oc1ncc(C(F)(F)F)cc1C)C2. The van der Waals surface area contributed by atoms with Crippen molar-refractivity contribution in [3.8, 4) is 5.88 Å². The van der Waals surface area contributed by atoms with Crippen molar-refractivity contribution >= 4 is 5.91 Å². The number of nitrogens with zero attached hydrogens (tertiary/aromatic N) is 2. The quantitative estimate of drug-likeness (QED) is 0.821. The van der Waals surface area contributed by atoms with Gasteiger partial charge in [0, 0.05) is 24.8 Å². The van der Waals surface area contributed by atoms with Gasteiger partial charge in [-0.3, -0.25) is 4.79 Å². The Morgan fingerprint density at radius 3 is 2.54 bits per heavy atom. The van der Waals surface area contributed by atoms with E-state index in [-0.39, 0.29) is 35.8 Å². The maximum Gasteiger partial charge on any atom is 0.417 e. The van der Waals surface area contributed by atoms with Crippen LogP contribution < -0.4 is 4.74 Å². The van der Waals surface area contributed by atoms with Crippen LogP contribution in [0.2, 0.25) is 0 Å². The summed E-state index contributed by atoms with van der Waals surface area (Å²) in [5.74, 6) is -0.0361. The minimum absolute atomic E-state index is 0.0246. The van der Waals surface area contributed by atoms with Crippen molar-refractivity contribution in [3.05, 3.63) is 23.4 Å². The Labute approximate surface area is 162 Å². The molecule has 1 aliphatic heterocycles. The number of halogens is 3. The van der Waals surface area contributed by atoms with Crippen molar-refractivity contribution in [1.29, 1.82) is 0 Å². The first kappa shape index (κ1) is 20.9. The van der Waals surface area contributed by atoms with Crippen LogP contribution in [0.5, 0.6) is 5.88 Å². The highest BCUT2D eigenvalue weighted by molar-refractivity contribution is 5.79. The highest BCUT2D eigenvalue weighted by Crippen LogP contribution is 2.50. The molecule has 3 rings (SSSR count). The number of carbonyl (C=O) groups is 1. The average molecular weight is 400 g/mol. The standard InChI is InChI=1S/C20H27F3N2O3/c1-3-14(12-26)18(27)25-6-4-19(5-7-25)9-16(10-19)28-17-13(2)8-15(11-24-17)20(21,22)23/h8,11,14,16,26H,3-7,9-10,12H2,1-2H3/t14-/m1/s1. The lowest BCUT2D eigenvalue weighted by molar-refractivity contribution is -0.142. The van der Waals surface area contributed by atoms with Crippen LogP contribution in [0, 0.1) is 18.3 Å². The normalized spacial score (nSPS) is 20.7. The summed E-state index contributed by atoms with van der Waals surface area (Å²) in [6, 6.07) is 1.06. The molecule has 2 fully saturated rings. The molecule has 2 aliphatic rings. The van der Waals surface area contributed by atoms with E-state index in [0.717, 1.165) is 37.9 Å². The largest absolute Gasteiger partial charge is 0.474 e. The first-order valence-corrected chi connectivity index (χ1v) is 9.77. The molecule has 1 spiro atoms. The van der Waals surface area contributed by atoms with Gasteiger partial charge in [0.2, 0.25) is 11.8 Å². The molecule has 1 saturated carbocycles. The van der Waals surface area contributed by atoms with Crippen molar-refractivity contribution in [3.63, 3.8) is 0 Å². The second-order valence-electron chi connectivity index (χ2n) is 8.10. The molecule has 0 bridgehead atoms. The molecule has 2 heterocycles. The molecule has 1 amide bonds. The van der Waals surface area contributed by atoms with Gasteiger partial charge in [-0.1, -0.05) is 6.92 Å². The highest BCUT2D eigenvalue weighted by atomic mass is 19.4. The van der Waals surface area contributed by atoms with Gasteiger partial charge in [0.1, 0.15) is 6.10 Å². The van der Waals surface area contributed by atoms with Crippen LogP contribution in [0.3, 0.4) is 0 Å². The number of likely N-dealkylation sites (tertiary alicyclic amines) is 1. The molecule has 28 heavy (non-hydrogen) atoms. The van der Waals surface area contributed by atoms with Crippen LogP contribution in [0.1, 0.15) is 50.2 Å². The Hall–Kier alpha value is -1.83. The van der Waals surface area contributed by atoms with Gasteiger partial charge in [0.15, 0.2) is 0 Å². The van der Waals surface area contributed by atoms with Gasteiger partial charge in [-0.25, -0.2) is 4.98 Å². The summed E-state index contributed by atoms with van der Waals surface area (Å²) in [4.78, 5) is 18.1. The van der Waals surface area contributed by atoms with Crippen LogP contribution in [-0.2, 0) is 11.0 Å². The molecule has 1 aliphatic carbocycles. The zero-order valence-corrected chi connectivity index (χ0v) is 16.3. The van der Waals surface area contributed by atoms with Crippen molar-refractivity contribution in [2.45, 2.75) is 58.2 Å². The first-order chi connectivity index (χ1) is 13.2. The fraction of sp³-hybridized carbons (Fsp3) is 0.700. The van der Waals surface area contributed by atoms with Crippen LogP contribution in [-0.4, -0.2) is 46.7 Å². The molecular formula is C20H27F3N2O3. The molecule has 156 valence electrons. The Morgan fingerprint density at radius 1 is 1.39 bits per heavy atom. The van der Waals surface area contributed by atoms with Gasteiger partial charge in [-0.2, -0.15) is 13.2 Å². The Balaban J connectivity index is 1.51. The summed E-state index contributed by atoms with van der Waals surface area (Å²) in [5, 5.41) is 9.31. The van der Waals surface area contributed by atoms with E-state index in [1.54, 1.807) is 6.92 Å². The van der Waals surface area contributed by atoms with Crippen molar-refractivity contribution in [2.75, 3.05) is 19.7 Å². The predicted molar refractivity (Wildman–Crippen MR) is 96.7 cm³/mol. The summed E-state index contributed by atoms with van der Waals surface area (Å²) in [7, 11) is 0. The minimum Gasteiger partial charge on any atom is -0.474 e. The van der Waals surface area contributed by atoms with E-state index in [0.29, 0.717) is 25.1 Å². The molecule has 8 heteroatoms. The minimum atomic E-state index is -4.41. The van der Waals surface area contributed by atoms with Gasteiger partial charge in [-0.15, -0.1) is 0 Å². The molecule has 1 aromatic rings. The zero-order valence-electron chi connectivity index (χ0n) is 16.3. The van der Waals surface area contributed by atoms with Gasteiger partial charge < -0.3 is 14.7 Å². The van der Waals surface area contributed by atoms with Crippen LogP contribution in [0.15, 0.2) is 12.3 Å². The maximum absolute atomic E-state index is 12.7. The van der Waals surface area contributed by atoms with E-state index < -0.39 is 11.7 Å². The van der Waals surface area contributed by atoms with E-state index in [4.69, 9.17) is 4.74 Å². The Bertz CT molecular complexity index is 703. The van der Waals surface area contributed by atoms with Crippen LogP contribution in [0.25, 0.3) is 0 Å². The van der Waals surface area contributed by atoms with Gasteiger partial charge in [-0.05, 0) is 50.5 Å². The number of ether oxygens (including phenoxy) is 1. The number of carbonyl (C=O) groups excluding carboxylic acids is 1. The monoisotopic (exact) mass is 400 g/mol. The summed E-state index contributed by atoms with van der Waals surface area (Å²) in [6.45, 7) is 4.71. The second-order valence-corrected chi connectivity index (χ2v) is 8.10. The number of pyridine rings is 1. The van der Waals surface area contributed by atoms with E-state index in [2.05, 4.69) is 4.98 Å². The number of aryl methyl sites for hydroxylation is 1. The summed E-state index contributed by atoms with van der Waals surface area (Å²) >= 11 is 0. The molecule has 1 aromatic heterocycles. The first-order valence-electron chi connectivity index (χ1n) is 9.77. The molecule has 0 aromatic carbocycles. The Morgan fingerprint density at radius 2 is 2.04 bits per heavy atom. The number of amides is 1. The molecular weight excluding hydrogens is 373 g/mol. The number of alkyl halides is 3. The molecule has 1 saturated heterocycles. The summed E-state index contributed by atoms with van der Waals surface area (Å²) in [6.07, 6.45) is 0.418. The number of rotatable bonds is 5. The second kappa shape index (κ2) is 7.89. The number of hydrogen-bond donors (Lipinski definition) is 1. The number of aromatic nitrogens is 1. The van der Waals surface area contributed by atoms with Crippen LogP contribution in [0.4, 0.5) is 13.2 Å². The number of hydrogen-bond acceptors (Lipinski definition) is 4. The van der Waals surface area contributed by atoms with E-state index in [9.17, 15) is 23.1 Å². The topological polar surface area (TPSA) is 62.7 Å². The fourth-order valence-electron chi connectivity index (χ4n) is 4.24. The third-order valence-corrected chi connectivity index (χ3v) is 6.16. The van der Waals surface area contributed by atoms with Gasteiger partial charge >= 0.3 is 6.18 Å². The molecule has 5 nitrogen and oxygen atoms in total. The smallest absolute Gasteiger partial charge is 0.417 e. The van der Waals surface area contributed by atoms with Crippen LogP contribution >= 0.6 is 0 Å². The van der Waals surface area contributed by atoms with Crippen molar-refractivity contribution in [2.24, 2.45) is 11.3 Å². The van der Waals surface area contributed by atoms with Gasteiger partial charge in [0.25, 0.3) is 0 Å². The molecule has 0 radical (unpaired) electrons. The average Bonchev–Trinajstić information content (AvgIpc) is 2.62. The number of aliphatic hydroxyl groups is 1. The predicted octanol–water partition coefficient (Wildman–Crippen LogP) is 3.58. The number of aliphatic hydroxyl groups excluding tert-OH is 1. The summed E-state index contributed by atoms with van der Waals surface area (Å²) in [5.41, 5.74) is -0.249. The summed E-state index contributed by atoms with van der Waals surface area (Å²) < 4.78 is 44.0. The lowest BCUT2D eigenvalue weighted by Gasteiger charge is -2.51. The zero-order chi connectivity index (χ0) is 20.5. The van der Waals surface area contributed by atoms with Gasteiger partial charge in [0.05, 0.1) is 18.1 Å². The van der Waals surface area contributed by atoms with E-state index in [1.807, 2.05) is 11.8 Å². The third kappa shape index (κ3) is 4.26. The highest BCUT2D eigenvalue weighted by Gasteiger charge is 2.48. The molecule has 0 unspecified atom stereocenters. The van der Waals surface area contributed by atoms with E-state index in [1.165, 1.54) is 0 Å². The molecule has 1 N–H and O–H groups in total. The molecule has 1 atom stereocenters. The van der Waals surface area contributed by atoms with E-state index >= 15 is 0 Å². The number of piperidine rings is 1. The fourth-order valence-corrected chi connectivity index (χ4v) is 4.24. The maximum atomic E-state index is 12.7. The lowest BCUT2D eigenvalue weighted by Crippen LogP contribution is -2.53. The third-order valence-electron chi connectivity index (χ3n) is 6.16. The lowest BCUT2D eigenvalue weighted by atomic mass is 9.61.